The highest BCUT2D eigenvalue weighted by Gasteiger charge is 2.50. The molecule has 5 rings (SSSR count). The molecule has 2 amide bonds. The summed E-state index contributed by atoms with van der Waals surface area (Å²) in [5.41, 5.74) is 1.69. The van der Waals surface area contributed by atoms with E-state index >= 15 is 0 Å². The van der Waals surface area contributed by atoms with E-state index in [9.17, 15) is 18.4 Å². The van der Waals surface area contributed by atoms with Gasteiger partial charge in [0.2, 0.25) is 0 Å². The Morgan fingerprint density at radius 1 is 1.28 bits per heavy atom. The van der Waals surface area contributed by atoms with Crippen molar-refractivity contribution in [2.24, 2.45) is 0 Å². The summed E-state index contributed by atoms with van der Waals surface area (Å²) in [6, 6.07) is 9.49. The number of nitrogens with zero attached hydrogens (tertiary/aromatic N) is 4. The second-order valence-corrected chi connectivity index (χ2v) is 8.39. The molecule has 10 heteroatoms. The number of amides is 2. The summed E-state index contributed by atoms with van der Waals surface area (Å²) in [5.74, 6) is -0.453. The first kappa shape index (κ1) is 20.6. The van der Waals surface area contributed by atoms with Gasteiger partial charge in [-0.15, -0.1) is 0 Å². The molecule has 0 atom stereocenters. The molecule has 0 bridgehead atoms. The molecule has 3 heterocycles. The molecular formula is C22H23F2N5O3. The summed E-state index contributed by atoms with van der Waals surface area (Å²) in [4.78, 5) is 32.6. The third-order valence-corrected chi connectivity index (χ3v) is 6.47. The summed E-state index contributed by atoms with van der Waals surface area (Å²) >= 11 is 0. The number of hydrogen-bond donors (Lipinski definition) is 1. The summed E-state index contributed by atoms with van der Waals surface area (Å²) in [7, 11) is 1.60. The Hall–Kier alpha value is -3.27. The van der Waals surface area contributed by atoms with E-state index in [1.54, 1.807) is 16.6 Å². The molecule has 1 saturated carbocycles. The van der Waals surface area contributed by atoms with Gasteiger partial charge in [0, 0.05) is 24.5 Å². The Balaban J connectivity index is 1.34. The monoisotopic (exact) mass is 443 g/mol. The van der Waals surface area contributed by atoms with Crippen LogP contribution in [0.5, 0.6) is 0 Å². The molecule has 0 unspecified atom stereocenters. The zero-order valence-electron chi connectivity index (χ0n) is 17.6. The predicted molar refractivity (Wildman–Crippen MR) is 111 cm³/mol. The van der Waals surface area contributed by atoms with E-state index in [-0.39, 0.29) is 25.0 Å². The predicted octanol–water partition coefficient (Wildman–Crippen LogP) is 2.86. The number of halogens is 2. The molecule has 2 aromatic heterocycles. The number of para-hydroxylation sites is 1. The minimum absolute atomic E-state index is 0.149. The number of carbonyl (C=O) groups is 2. The van der Waals surface area contributed by atoms with Crippen molar-refractivity contribution in [1.29, 1.82) is 0 Å². The van der Waals surface area contributed by atoms with E-state index in [1.165, 1.54) is 11.1 Å². The lowest BCUT2D eigenvalue weighted by molar-refractivity contribution is -0.141. The van der Waals surface area contributed by atoms with Crippen LogP contribution >= 0.6 is 0 Å². The third kappa shape index (κ3) is 3.54. The molecule has 1 N–H and O–H groups in total. The van der Waals surface area contributed by atoms with Gasteiger partial charge in [0.1, 0.15) is 5.69 Å². The van der Waals surface area contributed by atoms with Crippen LogP contribution in [0, 0.1) is 0 Å². The first-order chi connectivity index (χ1) is 15.4. The van der Waals surface area contributed by atoms with Crippen LogP contribution in [0.3, 0.4) is 0 Å². The van der Waals surface area contributed by atoms with Crippen LogP contribution in [-0.2, 0) is 17.8 Å². The number of alkyl halides is 2. The smallest absolute Gasteiger partial charge is 0.345 e. The Labute approximate surface area is 182 Å². The number of likely N-dealkylation sites (N-methyl/N-ethyl adjacent to an activating group) is 1. The molecule has 1 aliphatic carbocycles. The summed E-state index contributed by atoms with van der Waals surface area (Å²) in [5, 5.41) is 5.27. The van der Waals surface area contributed by atoms with Gasteiger partial charge >= 0.3 is 6.61 Å². The van der Waals surface area contributed by atoms with Gasteiger partial charge in [-0.05, 0) is 25.0 Å². The maximum atomic E-state index is 13.2. The van der Waals surface area contributed by atoms with Gasteiger partial charge in [0.15, 0.2) is 0 Å². The fourth-order valence-corrected chi connectivity index (χ4v) is 4.29. The van der Waals surface area contributed by atoms with Crippen LogP contribution in [-0.4, -0.2) is 68.7 Å². The average Bonchev–Trinajstić information content (AvgIpc) is 3.27. The molecule has 0 spiro atoms. The Bertz CT molecular complexity index is 1150. The largest absolute Gasteiger partial charge is 0.351 e. The quantitative estimate of drug-likeness (QED) is 0.635. The van der Waals surface area contributed by atoms with Gasteiger partial charge in [0.25, 0.3) is 11.8 Å². The molecule has 8 nitrogen and oxygen atoms in total. The molecule has 3 aromatic rings. The Morgan fingerprint density at radius 3 is 2.78 bits per heavy atom. The number of ether oxygens (including phenoxy) is 1. The molecular weight excluding hydrogens is 420 g/mol. The molecule has 1 fully saturated rings. The van der Waals surface area contributed by atoms with Crippen molar-refractivity contribution < 1.29 is 23.1 Å². The maximum absolute atomic E-state index is 13.2. The van der Waals surface area contributed by atoms with Crippen molar-refractivity contribution in [3.8, 4) is 0 Å². The van der Waals surface area contributed by atoms with Gasteiger partial charge in [-0.3, -0.25) is 14.3 Å². The number of benzene rings is 1. The number of nitrogens with one attached hydrogen (secondary N) is 1. The average molecular weight is 443 g/mol. The van der Waals surface area contributed by atoms with Crippen LogP contribution in [0.15, 0.2) is 36.5 Å². The number of hydrogen-bond acceptors (Lipinski definition) is 4. The zero-order chi connectivity index (χ0) is 22.5. The minimum Gasteiger partial charge on any atom is -0.351 e. The molecule has 168 valence electrons. The van der Waals surface area contributed by atoms with E-state index in [0.717, 1.165) is 10.9 Å². The van der Waals surface area contributed by atoms with Gasteiger partial charge in [-0.25, -0.2) is 0 Å². The number of aromatic nitrogens is 3. The first-order valence-electron chi connectivity index (χ1n) is 10.5. The lowest BCUT2D eigenvalue weighted by Crippen LogP contribution is -2.44. The lowest BCUT2D eigenvalue weighted by Gasteiger charge is -2.30. The number of aromatic amines is 1. The molecule has 2 aliphatic rings. The molecule has 1 aromatic carbocycles. The molecule has 0 radical (unpaired) electrons. The molecule has 0 saturated heterocycles. The number of carbonyl (C=O) groups excluding carboxylic acids is 2. The summed E-state index contributed by atoms with van der Waals surface area (Å²) in [6.45, 7) is -1.90. The van der Waals surface area contributed by atoms with Crippen LogP contribution in [0.4, 0.5) is 8.78 Å². The van der Waals surface area contributed by atoms with Gasteiger partial charge in [-0.2, -0.15) is 13.9 Å². The highest BCUT2D eigenvalue weighted by atomic mass is 19.3. The molecule has 1 aliphatic heterocycles. The summed E-state index contributed by atoms with van der Waals surface area (Å²) < 4.78 is 31.2. The fraction of sp³-hybridized carbons (Fsp3) is 0.409. The van der Waals surface area contributed by atoms with Crippen molar-refractivity contribution in [2.75, 3.05) is 20.2 Å². The Morgan fingerprint density at radius 2 is 2.06 bits per heavy atom. The molecule has 32 heavy (non-hydrogen) atoms. The second kappa shape index (κ2) is 7.70. The zero-order valence-corrected chi connectivity index (χ0v) is 17.6. The van der Waals surface area contributed by atoms with Gasteiger partial charge in [-0.1, -0.05) is 18.2 Å². The van der Waals surface area contributed by atoms with Crippen LogP contribution in [0.2, 0.25) is 0 Å². The minimum atomic E-state index is -2.87. The van der Waals surface area contributed by atoms with Crippen molar-refractivity contribution >= 4 is 22.7 Å². The first-order valence-corrected chi connectivity index (χ1v) is 10.5. The number of rotatable bonds is 6. The van der Waals surface area contributed by atoms with E-state index in [4.69, 9.17) is 0 Å². The van der Waals surface area contributed by atoms with E-state index in [0.29, 0.717) is 42.9 Å². The van der Waals surface area contributed by atoms with Crippen LogP contribution < -0.4 is 0 Å². The van der Waals surface area contributed by atoms with Crippen LogP contribution in [0.25, 0.3) is 10.9 Å². The SMILES string of the molecule is CN(C(=O)c1cnn2c1CN(C(=O)c1cc3ccccc3[nH]1)CC2)C1(COC(F)F)CC1. The van der Waals surface area contributed by atoms with Crippen LogP contribution in [0.1, 0.15) is 39.4 Å². The highest BCUT2D eigenvalue weighted by Crippen LogP contribution is 2.42. The maximum Gasteiger partial charge on any atom is 0.345 e. The van der Waals surface area contributed by atoms with Crippen molar-refractivity contribution in [3.63, 3.8) is 0 Å². The lowest BCUT2D eigenvalue weighted by atomic mass is 10.1. The topological polar surface area (TPSA) is 83.5 Å². The number of fused-ring (bicyclic) bond motifs is 2. The number of H-pyrrole nitrogens is 1. The summed E-state index contributed by atoms with van der Waals surface area (Å²) in [6.07, 6.45) is 2.71. The fourth-order valence-electron chi connectivity index (χ4n) is 4.29. The van der Waals surface area contributed by atoms with E-state index in [2.05, 4.69) is 14.8 Å². The van der Waals surface area contributed by atoms with E-state index in [1.807, 2.05) is 30.3 Å². The van der Waals surface area contributed by atoms with Crippen molar-refractivity contribution in [1.82, 2.24) is 24.6 Å². The standard InChI is InChI=1S/C22H23F2N5O3/c1-27(22(6-7-22)13-32-21(23)24)19(30)15-11-25-29-9-8-28(12-18(15)29)20(31)17-10-14-4-2-3-5-16(14)26-17/h2-5,10-11,21,26H,6-9,12-13H2,1H3. The van der Waals surface area contributed by atoms with E-state index < -0.39 is 12.2 Å². The Kier molecular flexibility index (Phi) is 4.96. The third-order valence-electron chi connectivity index (χ3n) is 6.47. The van der Waals surface area contributed by atoms with Gasteiger partial charge < -0.3 is 19.5 Å². The highest BCUT2D eigenvalue weighted by molar-refractivity contribution is 5.99. The normalized spacial score (nSPS) is 16.9. The van der Waals surface area contributed by atoms with Crippen molar-refractivity contribution in [2.45, 2.75) is 38.1 Å². The van der Waals surface area contributed by atoms with Gasteiger partial charge in [0.05, 0.1) is 42.7 Å². The van der Waals surface area contributed by atoms with Crippen molar-refractivity contribution in [3.05, 3.63) is 53.5 Å². The second-order valence-electron chi connectivity index (χ2n) is 8.39.